The van der Waals surface area contributed by atoms with E-state index in [0.29, 0.717) is 5.88 Å². The molecule has 104 valence electrons. The van der Waals surface area contributed by atoms with E-state index in [1.54, 1.807) is 11.3 Å². The first-order chi connectivity index (χ1) is 9.83. The van der Waals surface area contributed by atoms with Crippen molar-refractivity contribution < 1.29 is 0 Å². The molecule has 3 rings (SSSR count). The van der Waals surface area contributed by atoms with Crippen molar-refractivity contribution in [2.75, 3.05) is 11.4 Å². The molecule has 0 aliphatic rings. The fourth-order valence-electron chi connectivity index (χ4n) is 2.22. The summed E-state index contributed by atoms with van der Waals surface area (Å²) in [6.45, 7) is 3.73. The predicted molar refractivity (Wildman–Crippen MR) is 83.6 cm³/mol. The normalized spacial score (nSPS) is 11.1. The lowest BCUT2D eigenvalue weighted by Crippen LogP contribution is -2.24. The number of alkyl halides is 1. The van der Waals surface area contributed by atoms with Gasteiger partial charge >= 0.3 is 0 Å². The minimum absolute atomic E-state index is 0.450. The SMILES string of the molecule is CCN(Cc1ccccn1)c1nc2sccn2c1CCl. The number of imidazole rings is 1. The number of hydrogen-bond acceptors (Lipinski definition) is 4. The van der Waals surface area contributed by atoms with Crippen molar-refractivity contribution in [2.24, 2.45) is 0 Å². The molecule has 0 saturated heterocycles. The van der Waals surface area contributed by atoms with Gasteiger partial charge in [-0.3, -0.25) is 9.38 Å². The van der Waals surface area contributed by atoms with Crippen molar-refractivity contribution in [1.82, 2.24) is 14.4 Å². The second kappa shape index (κ2) is 5.81. The van der Waals surface area contributed by atoms with E-state index >= 15 is 0 Å². The number of anilines is 1. The molecule has 0 bridgehead atoms. The monoisotopic (exact) mass is 306 g/mol. The Morgan fingerprint density at radius 1 is 1.40 bits per heavy atom. The molecule has 0 fully saturated rings. The van der Waals surface area contributed by atoms with Gasteiger partial charge in [-0.2, -0.15) is 0 Å². The molecule has 3 aromatic rings. The topological polar surface area (TPSA) is 33.4 Å². The minimum Gasteiger partial charge on any atom is -0.349 e. The van der Waals surface area contributed by atoms with E-state index in [-0.39, 0.29) is 0 Å². The van der Waals surface area contributed by atoms with Crippen LogP contribution in [-0.2, 0) is 12.4 Å². The molecular formula is C14H15ClN4S. The Kier molecular flexibility index (Phi) is 3.89. The fraction of sp³-hybridized carbons (Fsp3) is 0.286. The molecule has 0 N–H and O–H groups in total. The van der Waals surface area contributed by atoms with Crippen LogP contribution in [0.2, 0.25) is 0 Å². The first-order valence-corrected chi connectivity index (χ1v) is 7.90. The molecule has 0 spiro atoms. The summed E-state index contributed by atoms with van der Waals surface area (Å²) in [5.41, 5.74) is 2.08. The van der Waals surface area contributed by atoms with E-state index in [1.165, 1.54) is 0 Å². The van der Waals surface area contributed by atoms with Gasteiger partial charge in [0.05, 0.1) is 23.8 Å². The van der Waals surface area contributed by atoms with Crippen LogP contribution in [0, 0.1) is 0 Å². The van der Waals surface area contributed by atoms with Gasteiger partial charge in [0.1, 0.15) is 0 Å². The number of thiazole rings is 1. The van der Waals surface area contributed by atoms with Crippen molar-refractivity contribution in [2.45, 2.75) is 19.3 Å². The summed E-state index contributed by atoms with van der Waals surface area (Å²) in [5, 5.41) is 2.02. The van der Waals surface area contributed by atoms with Crippen LogP contribution in [0.1, 0.15) is 18.3 Å². The van der Waals surface area contributed by atoms with Crippen molar-refractivity contribution in [1.29, 1.82) is 0 Å². The average molecular weight is 307 g/mol. The number of fused-ring (bicyclic) bond motifs is 1. The molecule has 0 aromatic carbocycles. The van der Waals surface area contributed by atoms with E-state index < -0.39 is 0 Å². The predicted octanol–water partition coefficient (Wildman–Crippen LogP) is 3.56. The van der Waals surface area contributed by atoms with Crippen LogP contribution in [0.3, 0.4) is 0 Å². The lowest BCUT2D eigenvalue weighted by atomic mass is 10.3. The number of pyridine rings is 1. The Morgan fingerprint density at radius 3 is 3.00 bits per heavy atom. The number of hydrogen-bond donors (Lipinski definition) is 0. The minimum atomic E-state index is 0.450. The molecule has 0 amide bonds. The van der Waals surface area contributed by atoms with Crippen LogP contribution in [-0.4, -0.2) is 20.9 Å². The first kappa shape index (κ1) is 13.4. The van der Waals surface area contributed by atoms with Crippen molar-refractivity contribution >= 4 is 33.7 Å². The molecule has 6 heteroatoms. The largest absolute Gasteiger partial charge is 0.349 e. The van der Waals surface area contributed by atoms with Gasteiger partial charge in [-0.15, -0.1) is 22.9 Å². The maximum atomic E-state index is 6.11. The Bertz CT molecular complexity index is 692. The van der Waals surface area contributed by atoms with E-state index in [4.69, 9.17) is 16.6 Å². The molecule has 4 nitrogen and oxygen atoms in total. The van der Waals surface area contributed by atoms with Crippen LogP contribution < -0.4 is 4.90 Å². The van der Waals surface area contributed by atoms with E-state index in [0.717, 1.165) is 35.3 Å². The quantitative estimate of drug-likeness (QED) is 0.676. The zero-order valence-corrected chi connectivity index (χ0v) is 12.7. The van der Waals surface area contributed by atoms with Crippen LogP contribution in [0.5, 0.6) is 0 Å². The van der Waals surface area contributed by atoms with Gasteiger partial charge in [-0.05, 0) is 19.1 Å². The Hall–Kier alpha value is -1.59. The molecule has 0 aliphatic carbocycles. The highest BCUT2D eigenvalue weighted by atomic mass is 35.5. The van der Waals surface area contributed by atoms with Gasteiger partial charge in [-0.1, -0.05) is 6.07 Å². The summed E-state index contributed by atoms with van der Waals surface area (Å²) in [6.07, 6.45) is 3.83. The van der Waals surface area contributed by atoms with E-state index in [2.05, 4.69) is 21.2 Å². The van der Waals surface area contributed by atoms with Crippen molar-refractivity contribution in [3.8, 4) is 0 Å². The highest BCUT2D eigenvalue weighted by molar-refractivity contribution is 7.15. The van der Waals surface area contributed by atoms with Gasteiger partial charge in [0, 0.05) is 24.3 Å². The van der Waals surface area contributed by atoms with Gasteiger partial charge in [0.15, 0.2) is 10.8 Å². The van der Waals surface area contributed by atoms with Crippen LogP contribution in [0.25, 0.3) is 4.96 Å². The van der Waals surface area contributed by atoms with Crippen molar-refractivity contribution in [3.05, 3.63) is 47.4 Å². The molecule has 3 aromatic heterocycles. The Balaban J connectivity index is 1.96. The molecule has 0 atom stereocenters. The second-order valence-electron chi connectivity index (χ2n) is 4.41. The zero-order valence-electron chi connectivity index (χ0n) is 11.2. The number of aromatic nitrogens is 3. The third-order valence-electron chi connectivity index (χ3n) is 3.23. The number of halogens is 1. The third kappa shape index (κ3) is 2.39. The van der Waals surface area contributed by atoms with Crippen LogP contribution in [0.4, 0.5) is 5.82 Å². The molecule has 3 heterocycles. The Morgan fingerprint density at radius 2 is 2.30 bits per heavy atom. The van der Waals surface area contributed by atoms with E-state index in [9.17, 15) is 0 Å². The lowest BCUT2D eigenvalue weighted by molar-refractivity contribution is 0.792. The first-order valence-electron chi connectivity index (χ1n) is 6.48. The van der Waals surface area contributed by atoms with Gasteiger partial charge in [-0.25, -0.2) is 4.98 Å². The third-order valence-corrected chi connectivity index (χ3v) is 4.24. The fourth-order valence-corrected chi connectivity index (χ4v) is 3.20. The van der Waals surface area contributed by atoms with Crippen LogP contribution >= 0.6 is 22.9 Å². The molecule has 20 heavy (non-hydrogen) atoms. The maximum absolute atomic E-state index is 6.11. The highest BCUT2D eigenvalue weighted by Crippen LogP contribution is 2.26. The molecule has 0 aliphatic heterocycles. The Labute approximate surface area is 126 Å². The number of rotatable bonds is 5. The highest BCUT2D eigenvalue weighted by Gasteiger charge is 2.17. The summed E-state index contributed by atoms with van der Waals surface area (Å²) in [7, 11) is 0. The molecule has 0 saturated carbocycles. The summed E-state index contributed by atoms with van der Waals surface area (Å²) < 4.78 is 2.06. The summed E-state index contributed by atoms with van der Waals surface area (Å²) in [5.74, 6) is 1.41. The second-order valence-corrected chi connectivity index (χ2v) is 5.55. The average Bonchev–Trinajstić information content (AvgIpc) is 3.06. The summed E-state index contributed by atoms with van der Waals surface area (Å²) >= 11 is 7.74. The standard InChI is InChI=1S/C14H15ClN4S/c1-2-18(10-11-5-3-4-6-16-11)13-12(9-15)19-7-8-20-14(19)17-13/h3-8H,2,9-10H2,1H3. The van der Waals surface area contributed by atoms with Crippen molar-refractivity contribution in [3.63, 3.8) is 0 Å². The molecular weight excluding hydrogens is 292 g/mol. The maximum Gasteiger partial charge on any atom is 0.195 e. The number of nitrogens with zero attached hydrogens (tertiary/aromatic N) is 4. The van der Waals surface area contributed by atoms with Gasteiger partial charge < -0.3 is 4.90 Å². The van der Waals surface area contributed by atoms with Crippen LogP contribution in [0.15, 0.2) is 36.0 Å². The van der Waals surface area contributed by atoms with Gasteiger partial charge in [0.25, 0.3) is 0 Å². The lowest BCUT2D eigenvalue weighted by Gasteiger charge is -2.21. The molecule has 0 radical (unpaired) electrons. The summed E-state index contributed by atoms with van der Waals surface area (Å²) in [4.78, 5) is 12.3. The van der Waals surface area contributed by atoms with E-state index in [1.807, 2.05) is 36.0 Å². The molecule has 0 unspecified atom stereocenters. The van der Waals surface area contributed by atoms with Gasteiger partial charge in [0.2, 0.25) is 0 Å². The smallest absolute Gasteiger partial charge is 0.195 e. The zero-order chi connectivity index (χ0) is 13.9. The summed E-state index contributed by atoms with van der Waals surface area (Å²) in [6, 6.07) is 5.96.